The van der Waals surface area contributed by atoms with Crippen LogP contribution in [0.2, 0.25) is 10.0 Å². The molecule has 0 saturated carbocycles. The number of nitrogens with zero attached hydrogens (tertiary/aromatic N) is 2. The van der Waals surface area contributed by atoms with E-state index >= 15 is 0 Å². The molecule has 0 unspecified atom stereocenters. The number of hydrogen-bond acceptors (Lipinski definition) is 7. The molecule has 0 aliphatic rings. The summed E-state index contributed by atoms with van der Waals surface area (Å²) in [7, 11) is -3.53. The summed E-state index contributed by atoms with van der Waals surface area (Å²) in [6.07, 6.45) is 3.70. The highest BCUT2D eigenvalue weighted by molar-refractivity contribution is 8.02. The van der Waals surface area contributed by atoms with E-state index in [4.69, 9.17) is 23.2 Å². The molecule has 112 valence electrons. The minimum Gasteiger partial charge on any atom is -0.262 e. The molecular formula is C10H6Cl2N2O4S3. The van der Waals surface area contributed by atoms with Crippen molar-refractivity contribution in [2.75, 3.05) is 6.26 Å². The number of nitro groups is 1. The fraction of sp³-hybridized carbons (Fsp3) is 0.100. The Balaban J connectivity index is 2.54. The van der Waals surface area contributed by atoms with Gasteiger partial charge in [0.1, 0.15) is 8.42 Å². The lowest BCUT2D eigenvalue weighted by molar-refractivity contribution is -0.387. The number of rotatable bonds is 4. The molecule has 0 atom stereocenters. The van der Waals surface area contributed by atoms with Gasteiger partial charge in [-0.15, -0.1) is 11.3 Å². The largest absolute Gasteiger partial charge is 0.295 e. The first-order valence-electron chi connectivity index (χ1n) is 5.15. The van der Waals surface area contributed by atoms with E-state index in [0.29, 0.717) is 4.90 Å². The Kier molecular flexibility index (Phi) is 4.79. The Labute approximate surface area is 138 Å². The standard InChI is InChI=1S/C10H6Cl2N2O4S3/c1-21(17,18)8-2-7(14(15)16)10(19-8)20-9-5(11)3-13-4-6(9)12/h2-4H,1H3. The summed E-state index contributed by atoms with van der Waals surface area (Å²) in [6, 6.07) is 1.03. The van der Waals surface area contributed by atoms with Crippen LogP contribution < -0.4 is 0 Å². The molecule has 0 radical (unpaired) electrons. The Morgan fingerprint density at radius 1 is 1.33 bits per heavy atom. The third-order valence-corrected chi connectivity index (χ3v) is 7.28. The lowest BCUT2D eigenvalue weighted by atomic mass is 10.5. The Morgan fingerprint density at radius 2 is 1.90 bits per heavy atom. The van der Waals surface area contributed by atoms with Gasteiger partial charge in [0.2, 0.25) is 0 Å². The first-order valence-corrected chi connectivity index (χ1v) is 9.43. The van der Waals surface area contributed by atoms with Crippen molar-refractivity contribution in [3.63, 3.8) is 0 Å². The monoisotopic (exact) mass is 384 g/mol. The number of aromatic nitrogens is 1. The molecule has 6 nitrogen and oxygen atoms in total. The molecule has 0 aromatic carbocycles. The normalized spacial score (nSPS) is 11.6. The van der Waals surface area contributed by atoms with Gasteiger partial charge in [0.05, 0.1) is 19.9 Å². The van der Waals surface area contributed by atoms with E-state index in [1.807, 2.05) is 0 Å². The minimum absolute atomic E-state index is 0.0852. The highest BCUT2D eigenvalue weighted by Crippen LogP contribution is 2.46. The maximum Gasteiger partial charge on any atom is 0.295 e. The van der Waals surface area contributed by atoms with Crippen LogP contribution in [0, 0.1) is 10.1 Å². The zero-order valence-corrected chi connectivity index (χ0v) is 14.2. The van der Waals surface area contributed by atoms with Crippen molar-refractivity contribution >= 4 is 61.8 Å². The Bertz CT molecular complexity index is 799. The van der Waals surface area contributed by atoms with E-state index in [1.54, 1.807) is 0 Å². The molecule has 2 aromatic rings. The molecule has 0 fully saturated rings. The highest BCUT2D eigenvalue weighted by Gasteiger charge is 2.25. The average Bonchev–Trinajstić information content (AvgIpc) is 2.78. The van der Waals surface area contributed by atoms with Gasteiger partial charge in [0.25, 0.3) is 5.69 Å². The smallest absolute Gasteiger partial charge is 0.262 e. The van der Waals surface area contributed by atoms with Crippen LogP contribution in [0.15, 0.2) is 31.8 Å². The van der Waals surface area contributed by atoms with Crippen LogP contribution in [0.3, 0.4) is 0 Å². The molecule has 0 spiro atoms. The van der Waals surface area contributed by atoms with E-state index in [2.05, 4.69) is 4.98 Å². The predicted molar refractivity (Wildman–Crippen MR) is 82.5 cm³/mol. The number of sulfone groups is 1. The van der Waals surface area contributed by atoms with Crippen LogP contribution in [0.5, 0.6) is 0 Å². The second-order valence-electron chi connectivity index (χ2n) is 3.80. The molecule has 2 rings (SSSR count). The zero-order valence-electron chi connectivity index (χ0n) is 10.2. The summed E-state index contributed by atoms with van der Waals surface area (Å²) in [5, 5.41) is 11.5. The van der Waals surface area contributed by atoms with Crippen molar-refractivity contribution in [2.45, 2.75) is 13.3 Å². The van der Waals surface area contributed by atoms with Crippen LogP contribution in [0.25, 0.3) is 0 Å². The van der Waals surface area contributed by atoms with Crippen molar-refractivity contribution in [3.05, 3.63) is 38.6 Å². The maximum absolute atomic E-state index is 11.5. The third-order valence-electron chi connectivity index (χ3n) is 2.22. The summed E-state index contributed by atoms with van der Waals surface area (Å²) >= 11 is 13.7. The van der Waals surface area contributed by atoms with E-state index in [9.17, 15) is 18.5 Å². The molecule has 0 saturated heterocycles. The lowest BCUT2D eigenvalue weighted by Gasteiger charge is -2.03. The lowest BCUT2D eigenvalue weighted by Crippen LogP contribution is -1.92. The van der Waals surface area contributed by atoms with Crippen LogP contribution in [-0.4, -0.2) is 24.6 Å². The van der Waals surface area contributed by atoms with Gasteiger partial charge < -0.3 is 0 Å². The summed E-state index contributed by atoms with van der Waals surface area (Å²) in [6.45, 7) is 0. The summed E-state index contributed by atoms with van der Waals surface area (Å²) in [5.74, 6) is 0. The van der Waals surface area contributed by atoms with Gasteiger partial charge >= 0.3 is 0 Å². The van der Waals surface area contributed by atoms with Crippen molar-refractivity contribution in [2.24, 2.45) is 0 Å². The van der Waals surface area contributed by atoms with Crippen LogP contribution in [-0.2, 0) is 9.84 Å². The van der Waals surface area contributed by atoms with E-state index in [1.165, 1.54) is 12.4 Å². The van der Waals surface area contributed by atoms with Gasteiger partial charge in [-0.05, 0) is 0 Å². The topological polar surface area (TPSA) is 90.2 Å². The average molecular weight is 385 g/mol. The predicted octanol–water partition coefficient (Wildman–Crippen LogP) is 3.91. The van der Waals surface area contributed by atoms with E-state index < -0.39 is 14.8 Å². The molecule has 0 N–H and O–H groups in total. The molecule has 2 aromatic heterocycles. The second-order valence-corrected chi connectivity index (χ2v) is 9.19. The molecular weight excluding hydrogens is 379 g/mol. The van der Waals surface area contributed by atoms with Gasteiger partial charge in [0.15, 0.2) is 9.84 Å². The summed E-state index contributed by atoms with van der Waals surface area (Å²) in [5.41, 5.74) is -0.297. The number of pyridine rings is 1. The SMILES string of the molecule is CS(=O)(=O)c1cc([N+](=O)[O-])c(Sc2c(Cl)cncc2Cl)s1. The Morgan fingerprint density at radius 3 is 2.38 bits per heavy atom. The zero-order chi connectivity index (χ0) is 15.8. The molecule has 11 heteroatoms. The van der Waals surface area contributed by atoms with Gasteiger partial charge in [-0.2, -0.15) is 0 Å². The highest BCUT2D eigenvalue weighted by atomic mass is 35.5. The fourth-order valence-electron chi connectivity index (χ4n) is 1.32. The van der Waals surface area contributed by atoms with Crippen LogP contribution in [0.4, 0.5) is 5.69 Å². The molecule has 0 aliphatic heterocycles. The van der Waals surface area contributed by atoms with E-state index in [-0.39, 0.29) is 24.2 Å². The third kappa shape index (κ3) is 3.67. The van der Waals surface area contributed by atoms with Gasteiger partial charge in [0, 0.05) is 24.7 Å². The molecule has 0 aliphatic carbocycles. The molecule has 0 amide bonds. The van der Waals surface area contributed by atoms with Gasteiger partial charge in [-0.1, -0.05) is 35.0 Å². The van der Waals surface area contributed by atoms with Crippen molar-refractivity contribution in [1.29, 1.82) is 0 Å². The van der Waals surface area contributed by atoms with Crippen molar-refractivity contribution in [1.82, 2.24) is 4.98 Å². The summed E-state index contributed by atoms with van der Waals surface area (Å²) in [4.78, 5) is 14.6. The fourth-order valence-corrected chi connectivity index (χ4v) is 5.25. The first kappa shape index (κ1) is 16.5. The molecule has 21 heavy (non-hydrogen) atoms. The molecule has 0 bridgehead atoms. The van der Waals surface area contributed by atoms with Crippen molar-refractivity contribution in [3.8, 4) is 0 Å². The second kappa shape index (κ2) is 6.09. The van der Waals surface area contributed by atoms with E-state index in [0.717, 1.165) is 35.4 Å². The van der Waals surface area contributed by atoms with Crippen molar-refractivity contribution < 1.29 is 13.3 Å². The van der Waals surface area contributed by atoms with Gasteiger partial charge in [-0.3, -0.25) is 15.1 Å². The van der Waals surface area contributed by atoms with Gasteiger partial charge in [-0.25, -0.2) is 8.42 Å². The maximum atomic E-state index is 11.5. The number of hydrogen-bond donors (Lipinski definition) is 0. The quantitative estimate of drug-likeness (QED) is 0.585. The minimum atomic E-state index is -3.53. The Hall–Kier alpha value is -0.870. The summed E-state index contributed by atoms with van der Waals surface area (Å²) < 4.78 is 23.2. The van der Waals surface area contributed by atoms with Crippen LogP contribution >= 0.6 is 46.3 Å². The number of halogens is 2. The molecule has 2 heterocycles. The number of thiophene rings is 1. The first-order chi connectivity index (χ1) is 9.70. The van der Waals surface area contributed by atoms with Crippen LogP contribution in [0.1, 0.15) is 0 Å².